The molecule has 0 fully saturated rings. The lowest BCUT2D eigenvalue weighted by atomic mass is 10.4. The maximum absolute atomic E-state index is 10.9. The van der Waals surface area contributed by atoms with Crippen molar-refractivity contribution in [2.75, 3.05) is 12.4 Å². The minimum Gasteiger partial charge on any atom is -0.303 e. The van der Waals surface area contributed by atoms with E-state index in [1.165, 1.54) is 0 Å². The van der Waals surface area contributed by atoms with Gasteiger partial charge in [0.05, 0.1) is 12.4 Å². The zero-order valence-electron chi connectivity index (χ0n) is 6.70. The molecule has 0 aliphatic carbocycles. The van der Waals surface area contributed by atoms with E-state index in [4.69, 9.17) is 5.90 Å². The normalized spacial score (nSPS) is 14.8. The maximum Gasteiger partial charge on any atom is 0.211 e. The van der Waals surface area contributed by atoms with Crippen molar-refractivity contribution < 1.29 is 13.3 Å². The highest BCUT2D eigenvalue weighted by atomic mass is 32.2. The molecule has 0 aliphatic rings. The van der Waals surface area contributed by atoms with Gasteiger partial charge >= 0.3 is 0 Å². The molecular formula is C5H14N2O3S. The molecule has 3 N–H and O–H groups in total. The summed E-state index contributed by atoms with van der Waals surface area (Å²) in [5, 5.41) is 0. The highest BCUT2D eigenvalue weighted by Crippen LogP contribution is 1.88. The Morgan fingerprint density at radius 2 is 2.18 bits per heavy atom. The first-order chi connectivity index (χ1) is 5.02. The molecule has 0 saturated heterocycles. The van der Waals surface area contributed by atoms with E-state index in [-0.39, 0.29) is 18.4 Å². The van der Waals surface area contributed by atoms with Gasteiger partial charge in [-0.1, -0.05) is 0 Å². The minimum absolute atomic E-state index is 0.0713. The lowest BCUT2D eigenvalue weighted by molar-refractivity contribution is 0.124. The average Bonchev–Trinajstić information content (AvgIpc) is 1.87. The summed E-state index contributed by atoms with van der Waals surface area (Å²) in [7, 11) is -3.13. The molecule has 6 heteroatoms. The van der Waals surface area contributed by atoms with Crippen LogP contribution in [0.5, 0.6) is 0 Å². The van der Waals surface area contributed by atoms with Crippen LogP contribution >= 0.6 is 0 Å². The first-order valence-corrected chi connectivity index (χ1v) is 4.98. The van der Waals surface area contributed by atoms with E-state index >= 15 is 0 Å². The lowest BCUT2D eigenvalue weighted by Gasteiger charge is -2.10. The second-order valence-corrected chi connectivity index (χ2v) is 4.30. The summed E-state index contributed by atoms with van der Waals surface area (Å²) >= 11 is 0. The Hall–Kier alpha value is -0.170. The largest absolute Gasteiger partial charge is 0.303 e. The second-order valence-electron chi connectivity index (χ2n) is 2.26. The molecule has 0 aromatic heterocycles. The maximum atomic E-state index is 10.9. The van der Waals surface area contributed by atoms with Crippen LogP contribution in [0.3, 0.4) is 0 Å². The van der Waals surface area contributed by atoms with Crippen LogP contribution in [0.2, 0.25) is 0 Å². The summed E-state index contributed by atoms with van der Waals surface area (Å²) in [6.07, 6.45) is 0. The van der Waals surface area contributed by atoms with E-state index in [1.54, 1.807) is 13.8 Å². The van der Waals surface area contributed by atoms with Crippen molar-refractivity contribution in [1.82, 2.24) is 4.72 Å². The predicted molar refractivity (Wildman–Crippen MR) is 42.2 cm³/mol. The van der Waals surface area contributed by atoms with Gasteiger partial charge in [0, 0.05) is 6.04 Å². The fraction of sp³-hybridized carbons (Fsp3) is 1.00. The Morgan fingerprint density at radius 3 is 2.55 bits per heavy atom. The zero-order valence-corrected chi connectivity index (χ0v) is 7.52. The molecule has 0 bridgehead atoms. The molecule has 5 nitrogen and oxygen atoms in total. The third-order valence-electron chi connectivity index (χ3n) is 1.11. The Kier molecular flexibility index (Phi) is 4.58. The Balaban J connectivity index is 3.84. The molecule has 0 spiro atoms. The van der Waals surface area contributed by atoms with E-state index in [0.717, 1.165) is 0 Å². The van der Waals surface area contributed by atoms with Crippen LogP contribution in [0, 0.1) is 0 Å². The summed E-state index contributed by atoms with van der Waals surface area (Å²) in [5.74, 6) is 4.83. The molecule has 0 aromatic carbocycles. The number of sulfonamides is 1. The molecule has 0 radical (unpaired) electrons. The first-order valence-electron chi connectivity index (χ1n) is 3.33. The molecule has 1 unspecified atom stereocenters. The van der Waals surface area contributed by atoms with Crippen molar-refractivity contribution in [3.05, 3.63) is 0 Å². The van der Waals surface area contributed by atoms with E-state index in [0.29, 0.717) is 0 Å². The van der Waals surface area contributed by atoms with Gasteiger partial charge in [0.15, 0.2) is 0 Å². The number of hydrogen-bond acceptors (Lipinski definition) is 4. The molecule has 11 heavy (non-hydrogen) atoms. The van der Waals surface area contributed by atoms with E-state index in [1.807, 2.05) is 0 Å². The van der Waals surface area contributed by atoms with Crippen molar-refractivity contribution in [2.24, 2.45) is 5.90 Å². The third kappa shape index (κ3) is 5.14. The molecule has 0 aromatic rings. The fourth-order valence-electron chi connectivity index (χ4n) is 0.568. The van der Waals surface area contributed by atoms with Crippen molar-refractivity contribution in [2.45, 2.75) is 19.9 Å². The summed E-state index contributed by atoms with van der Waals surface area (Å²) in [5.41, 5.74) is 0. The van der Waals surface area contributed by atoms with Gasteiger partial charge in [-0.15, -0.1) is 0 Å². The number of nitrogens with two attached hydrogens (primary N) is 1. The van der Waals surface area contributed by atoms with Crippen LogP contribution in [-0.4, -0.2) is 26.8 Å². The Morgan fingerprint density at radius 1 is 1.64 bits per heavy atom. The zero-order chi connectivity index (χ0) is 8.91. The Bertz CT molecular complexity index is 190. The molecule has 0 amide bonds. The van der Waals surface area contributed by atoms with Crippen molar-refractivity contribution >= 4 is 10.0 Å². The number of rotatable bonds is 5. The van der Waals surface area contributed by atoms with Gasteiger partial charge in [0.2, 0.25) is 10.0 Å². The van der Waals surface area contributed by atoms with Crippen LogP contribution in [0.1, 0.15) is 13.8 Å². The first kappa shape index (κ1) is 10.8. The van der Waals surface area contributed by atoms with Crippen LogP contribution < -0.4 is 10.6 Å². The predicted octanol–water partition coefficient (Wildman–Crippen LogP) is -0.795. The van der Waals surface area contributed by atoms with Crippen molar-refractivity contribution in [3.63, 3.8) is 0 Å². The van der Waals surface area contributed by atoms with E-state index < -0.39 is 10.0 Å². The van der Waals surface area contributed by atoms with Crippen molar-refractivity contribution in [3.8, 4) is 0 Å². The van der Waals surface area contributed by atoms with Gasteiger partial charge in [-0.05, 0) is 13.8 Å². The smallest absolute Gasteiger partial charge is 0.211 e. The van der Waals surface area contributed by atoms with Crippen molar-refractivity contribution in [1.29, 1.82) is 0 Å². The molecule has 1 atom stereocenters. The second kappa shape index (κ2) is 4.66. The van der Waals surface area contributed by atoms with Crippen LogP contribution in [0.4, 0.5) is 0 Å². The van der Waals surface area contributed by atoms with Crippen LogP contribution in [0.15, 0.2) is 0 Å². The summed E-state index contributed by atoms with van der Waals surface area (Å²) in [6.45, 7) is 3.43. The van der Waals surface area contributed by atoms with Crippen LogP contribution in [-0.2, 0) is 14.9 Å². The highest BCUT2D eigenvalue weighted by molar-refractivity contribution is 7.89. The fourth-order valence-corrected chi connectivity index (χ4v) is 1.42. The molecular weight excluding hydrogens is 168 g/mol. The van der Waals surface area contributed by atoms with Gasteiger partial charge in [-0.2, -0.15) is 0 Å². The van der Waals surface area contributed by atoms with E-state index in [2.05, 4.69) is 9.56 Å². The third-order valence-corrected chi connectivity index (χ3v) is 2.63. The summed E-state index contributed by atoms with van der Waals surface area (Å²) in [4.78, 5) is 4.27. The quantitative estimate of drug-likeness (QED) is 0.546. The molecule has 0 saturated carbocycles. The van der Waals surface area contributed by atoms with Crippen LogP contribution in [0.25, 0.3) is 0 Å². The SMILES string of the molecule is CCS(=O)(=O)NC(C)CON. The number of nitrogens with one attached hydrogen (secondary N) is 1. The van der Waals surface area contributed by atoms with Gasteiger partial charge in [-0.25, -0.2) is 19.0 Å². The Labute approximate surface area is 66.9 Å². The number of hydrogen-bond donors (Lipinski definition) is 2. The lowest BCUT2D eigenvalue weighted by Crippen LogP contribution is -2.37. The molecule has 0 heterocycles. The summed E-state index contributed by atoms with van der Waals surface area (Å²) in [6, 6.07) is -0.273. The summed E-state index contributed by atoms with van der Waals surface area (Å²) < 4.78 is 24.1. The van der Waals surface area contributed by atoms with Gasteiger partial charge in [0.25, 0.3) is 0 Å². The van der Waals surface area contributed by atoms with Gasteiger partial charge < -0.3 is 4.84 Å². The topological polar surface area (TPSA) is 81.4 Å². The monoisotopic (exact) mass is 182 g/mol. The average molecular weight is 182 g/mol. The van der Waals surface area contributed by atoms with Gasteiger partial charge in [-0.3, -0.25) is 0 Å². The standard InChI is InChI=1S/C5H14N2O3S/c1-3-11(8,9)7-5(2)4-10-6/h5,7H,3-4,6H2,1-2H3. The molecule has 68 valence electrons. The minimum atomic E-state index is -3.13. The van der Waals surface area contributed by atoms with E-state index in [9.17, 15) is 8.42 Å². The highest BCUT2D eigenvalue weighted by Gasteiger charge is 2.10. The van der Waals surface area contributed by atoms with Gasteiger partial charge in [0.1, 0.15) is 0 Å². The molecule has 0 rings (SSSR count). The molecule has 0 aliphatic heterocycles.